The summed E-state index contributed by atoms with van der Waals surface area (Å²) in [6.45, 7) is 2.72. The molecule has 1 aromatic carbocycles. The number of ether oxygens (including phenoxy) is 1. The highest BCUT2D eigenvalue weighted by Gasteiger charge is 2.08. The lowest BCUT2D eigenvalue weighted by Crippen LogP contribution is -2.07. The second-order valence-corrected chi connectivity index (χ2v) is 4.88. The number of aromatic nitrogens is 3. The van der Waals surface area contributed by atoms with Crippen molar-refractivity contribution in [3.05, 3.63) is 39.9 Å². The zero-order chi connectivity index (χ0) is 13.1. The minimum absolute atomic E-state index is 0.381. The number of hydrogen-bond donors (Lipinski definition) is 1. The molecule has 0 amide bonds. The standard InChI is InChI=1S/C12H15BrN4O/c1-8-15-16-12(17(8)2)7-18-11-4-3-10(13)5-9(11)6-14/h3-5H,6-7,14H2,1-2H3. The van der Waals surface area contributed by atoms with Gasteiger partial charge in [-0.25, -0.2) is 0 Å². The van der Waals surface area contributed by atoms with Crippen molar-refractivity contribution in [2.24, 2.45) is 12.8 Å². The summed E-state index contributed by atoms with van der Waals surface area (Å²) >= 11 is 3.41. The lowest BCUT2D eigenvalue weighted by Gasteiger charge is -2.10. The van der Waals surface area contributed by atoms with Gasteiger partial charge in [-0.05, 0) is 25.1 Å². The summed E-state index contributed by atoms with van der Waals surface area (Å²) in [6, 6.07) is 5.78. The number of rotatable bonds is 4. The Morgan fingerprint density at radius 3 is 2.78 bits per heavy atom. The molecule has 0 saturated carbocycles. The van der Waals surface area contributed by atoms with E-state index < -0.39 is 0 Å². The number of nitrogens with zero attached hydrogens (tertiary/aromatic N) is 3. The highest BCUT2D eigenvalue weighted by Crippen LogP contribution is 2.23. The maximum Gasteiger partial charge on any atom is 0.170 e. The van der Waals surface area contributed by atoms with Crippen LogP contribution in [0.1, 0.15) is 17.2 Å². The molecule has 2 aromatic rings. The van der Waals surface area contributed by atoms with Crippen LogP contribution < -0.4 is 10.5 Å². The van der Waals surface area contributed by atoms with Crippen LogP contribution >= 0.6 is 15.9 Å². The summed E-state index contributed by atoms with van der Waals surface area (Å²) in [5.74, 6) is 2.43. The van der Waals surface area contributed by atoms with E-state index in [2.05, 4.69) is 26.1 Å². The third-order valence-corrected chi connectivity index (χ3v) is 3.28. The largest absolute Gasteiger partial charge is 0.485 e. The molecule has 0 saturated heterocycles. The first-order chi connectivity index (χ1) is 8.61. The fourth-order valence-corrected chi connectivity index (χ4v) is 1.98. The van der Waals surface area contributed by atoms with Crippen LogP contribution in [0.2, 0.25) is 0 Å². The topological polar surface area (TPSA) is 66.0 Å². The molecule has 5 nitrogen and oxygen atoms in total. The number of halogens is 1. The van der Waals surface area contributed by atoms with Gasteiger partial charge in [0.15, 0.2) is 5.82 Å². The van der Waals surface area contributed by atoms with Crippen molar-refractivity contribution in [1.82, 2.24) is 14.8 Å². The monoisotopic (exact) mass is 310 g/mol. The minimum atomic E-state index is 0.381. The third kappa shape index (κ3) is 2.70. The van der Waals surface area contributed by atoms with Gasteiger partial charge in [-0.2, -0.15) is 0 Å². The molecule has 0 fully saturated rings. The van der Waals surface area contributed by atoms with E-state index >= 15 is 0 Å². The second kappa shape index (κ2) is 5.49. The molecular formula is C12H15BrN4O. The van der Waals surface area contributed by atoms with E-state index in [-0.39, 0.29) is 0 Å². The van der Waals surface area contributed by atoms with Crippen LogP contribution in [0.3, 0.4) is 0 Å². The zero-order valence-corrected chi connectivity index (χ0v) is 11.9. The van der Waals surface area contributed by atoms with Gasteiger partial charge in [-0.3, -0.25) is 0 Å². The number of aryl methyl sites for hydroxylation is 1. The van der Waals surface area contributed by atoms with E-state index in [1.54, 1.807) is 0 Å². The Morgan fingerprint density at radius 1 is 1.39 bits per heavy atom. The second-order valence-electron chi connectivity index (χ2n) is 3.97. The van der Waals surface area contributed by atoms with Gasteiger partial charge < -0.3 is 15.0 Å². The van der Waals surface area contributed by atoms with E-state index in [1.165, 1.54) is 0 Å². The van der Waals surface area contributed by atoms with Gasteiger partial charge in [-0.15, -0.1) is 10.2 Å². The van der Waals surface area contributed by atoms with Crippen LogP contribution in [0.5, 0.6) is 5.75 Å². The molecule has 1 heterocycles. The molecule has 96 valence electrons. The maximum absolute atomic E-state index is 5.74. The van der Waals surface area contributed by atoms with Gasteiger partial charge >= 0.3 is 0 Å². The van der Waals surface area contributed by atoms with Crippen LogP contribution in [-0.4, -0.2) is 14.8 Å². The summed E-state index contributed by atoms with van der Waals surface area (Å²) in [5.41, 5.74) is 6.65. The molecule has 2 N–H and O–H groups in total. The van der Waals surface area contributed by atoms with Crippen molar-refractivity contribution in [2.45, 2.75) is 20.1 Å². The summed E-state index contributed by atoms with van der Waals surface area (Å²) in [7, 11) is 1.92. The van der Waals surface area contributed by atoms with Crippen LogP contribution in [0, 0.1) is 6.92 Å². The summed E-state index contributed by atoms with van der Waals surface area (Å²) in [6.07, 6.45) is 0. The smallest absolute Gasteiger partial charge is 0.170 e. The van der Waals surface area contributed by atoms with Crippen LogP contribution in [0.4, 0.5) is 0 Å². The highest BCUT2D eigenvalue weighted by molar-refractivity contribution is 9.10. The third-order valence-electron chi connectivity index (χ3n) is 2.78. The summed E-state index contributed by atoms with van der Waals surface area (Å²) in [5, 5.41) is 8.04. The van der Waals surface area contributed by atoms with Crippen molar-refractivity contribution in [1.29, 1.82) is 0 Å². The number of benzene rings is 1. The molecule has 1 aromatic heterocycles. The van der Waals surface area contributed by atoms with Gasteiger partial charge in [0.1, 0.15) is 18.2 Å². The Bertz CT molecular complexity index is 553. The molecule has 0 spiro atoms. The Morgan fingerprint density at radius 2 is 2.17 bits per heavy atom. The molecule has 0 unspecified atom stereocenters. The zero-order valence-electron chi connectivity index (χ0n) is 10.4. The van der Waals surface area contributed by atoms with Gasteiger partial charge in [0, 0.05) is 23.6 Å². The van der Waals surface area contributed by atoms with Gasteiger partial charge in [0.05, 0.1) is 0 Å². The first-order valence-electron chi connectivity index (χ1n) is 5.58. The molecule has 2 rings (SSSR count). The van der Waals surface area contributed by atoms with Crippen molar-refractivity contribution < 1.29 is 4.74 Å². The lowest BCUT2D eigenvalue weighted by molar-refractivity contribution is 0.288. The predicted molar refractivity (Wildman–Crippen MR) is 72.1 cm³/mol. The molecule has 0 aliphatic rings. The minimum Gasteiger partial charge on any atom is -0.485 e. The van der Waals surface area contributed by atoms with E-state index in [0.29, 0.717) is 13.2 Å². The molecule has 18 heavy (non-hydrogen) atoms. The molecule has 0 aliphatic heterocycles. The van der Waals surface area contributed by atoms with Crippen molar-refractivity contribution >= 4 is 15.9 Å². The Balaban J connectivity index is 2.13. The summed E-state index contributed by atoms with van der Waals surface area (Å²) < 4.78 is 8.63. The Kier molecular flexibility index (Phi) is 3.98. The van der Waals surface area contributed by atoms with Crippen molar-refractivity contribution in [3.8, 4) is 5.75 Å². The first kappa shape index (κ1) is 13.0. The van der Waals surface area contributed by atoms with Crippen LogP contribution in [-0.2, 0) is 20.2 Å². The van der Waals surface area contributed by atoms with Gasteiger partial charge in [0.25, 0.3) is 0 Å². The Labute approximate surface area is 114 Å². The fraction of sp³-hybridized carbons (Fsp3) is 0.333. The molecular weight excluding hydrogens is 296 g/mol. The number of hydrogen-bond acceptors (Lipinski definition) is 4. The molecule has 6 heteroatoms. The van der Waals surface area contributed by atoms with E-state index in [4.69, 9.17) is 10.5 Å². The van der Waals surface area contributed by atoms with E-state index in [0.717, 1.165) is 27.4 Å². The van der Waals surface area contributed by atoms with Crippen LogP contribution in [0.25, 0.3) is 0 Å². The summed E-state index contributed by atoms with van der Waals surface area (Å²) in [4.78, 5) is 0. The first-order valence-corrected chi connectivity index (χ1v) is 6.37. The predicted octanol–water partition coefficient (Wildman–Crippen LogP) is 1.92. The normalized spacial score (nSPS) is 10.7. The van der Waals surface area contributed by atoms with Crippen LogP contribution in [0.15, 0.2) is 22.7 Å². The Hall–Kier alpha value is -1.40. The molecule has 0 atom stereocenters. The average Bonchev–Trinajstić information content (AvgIpc) is 2.68. The van der Waals surface area contributed by atoms with E-state index in [9.17, 15) is 0 Å². The molecule has 0 bridgehead atoms. The lowest BCUT2D eigenvalue weighted by atomic mass is 10.2. The molecule has 0 radical (unpaired) electrons. The van der Waals surface area contributed by atoms with Crippen molar-refractivity contribution in [2.75, 3.05) is 0 Å². The highest BCUT2D eigenvalue weighted by atomic mass is 79.9. The SMILES string of the molecule is Cc1nnc(COc2ccc(Br)cc2CN)n1C. The van der Waals surface area contributed by atoms with Gasteiger partial charge in [-0.1, -0.05) is 15.9 Å². The molecule has 0 aliphatic carbocycles. The average molecular weight is 311 g/mol. The van der Waals surface area contributed by atoms with E-state index in [1.807, 2.05) is 36.7 Å². The maximum atomic E-state index is 5.74. The number of nitrogens with two attached hydrogens (primary N) is 1. The van der Waals surface area contributed by atoms with Gasteiger partial charge in [0.2, 0.25) is 0 Å². The van der Waals surface area contributed by atoms with Crippen molar-refractivity contribution in [3.63, 3.8) is 0 Å². The quantitative estimate of drug-likeness (QED) is 0.937. The fourth-order valence-electron chi connectivity index (χ4n) is 1.57.